The summed E-state index contributed by atoms with van der Waals surface area (Å²) in [5.74, 6) is 0.121. The molecule has 1 rings (SSSR count). The predicted octanol–water partition coefficient (Wildman–Crippen LogP) is 2.16. The minimum absolute atomic E-state index is 0.319. The Morgan fingerprint density at radius 2 is 2.36 bits per heavy atom. The van der Waals surface area contributed by atoms with Gasteiger partial charge in [0.1, 0.15) is 0 Å². The Balaban J connectivity index is 2.59. The molecule has 2 N–H and O–H groups in total. The highest BCUT2D eigenvalue weighted by Gasteiger charge is 2.01. The molecule has 0 saturated heterocycles. The molecule has 76 valence electrons. The zero-order valence-corrected chi connectivity index (χ0v) is 8.80. The number of hydrogen-bond acceptors (Lipinski definition) is 3. The monoisotopic (exact) mass is 211 g/mol. The number of carboxylic acids is 1. The maximum atomic E-state index is 10.7. The first-order valence-electron chi connectivity index (χ1n) is 4.30. The normalized spacial score (nSPS) is 9.79. The Kier molecular flexibility index (Phi) is 4.32. The van der Waals surface area contributed by atoms with Crippen LogP contribution in [-0.2, 0) is 0 Å². The summed E-state index contributed by atoms with van der Waals surface area (Å²) in [6, 6.07) is 6.84. The molecule has 0 atom stereocenters. The van der Waals surface area contributed by atoms with E-state index in [4.69, 9.17) is 5.11 Å². The van der Waals surface area contributed by atoms with Crippen LogP contribution in [0.2, 0.25) is 0 Å². The van der Waals surface area contributed by atoms with Gasteiger partial charge < -0.3 is 10.4 Å². The number of benzene rings is 1. The lowest BCUT2D eigenvalue weighted by molar-refractivity contribution is 0.0697. The van der Waals surface area contributed by atoms with Gasteiger partial charge in [-0.1, -0.05) is 6.07 Å². The van der Waals surface area contributed by atoms with Crippen LogP contribution in [0.15, 0.2) is 24.3 Å². The predicted molar refractivity (Wildman–Crippen MR) is 60.3 cm³/mol. The molecule has 0 aliphatic heterocycles. The van der Waals surface area contributed by atoms with Gasteiger partial charge in [0.2, 0.25) is 0 Å². The molecule has 4 heteroatoms. The highest BCUT2D eigenvalue weighted by molar-refractivity contribution is 7.98. The maximum absolute atomic E-state index is 10.7. The van der Waals surface area contributed by atoms with Gasteiger partial charge in [-0.3, -0.25) is 0 Å². The van der Waals surface area contributed by atoms with Crippen molar-refractivity contribution in [2.75, 3.05) is 23.9 Å². The molecule has 1 aromatic rings. The number of nitrogens with one attached hydrogen (secondary N) is 1. The van der Waals surface area contributed by atoms with Crippen LogP contribution in [0.3, 0.4) is 0 Å². The summed E-state index contributed by atoms with van der Waals surface area (Å²) in [5, 5.41) is 11.9. The minimum atomic E-state index is -0.890. The van der Waals surface area contributed by atoms with Gasteiger partial charge in [-0.25, -0.2) is 4.79 Å². The van der Waals surface area contributed by atoms with Crippen LogP contribution in [0.25, 0.3) is 0 Å². The Hall–Kier alpha value is -1.16. The van der Waals surface area contributed by atoms with Crippen molar-refractivity contribution >= 4 is 23.4 Å². The molecule has 0 amide bonds. The smallest absolute Gasteiger partial charge is 0.335 e. The summed E-state index contributed by atoms with van der Waals surface area (Å²) < 4.78 is 0. The standard InChI is InChI=1S/C10H13NO2S/c1-14-6-5-11-9-4-2-3-8(7-9)10(12)13/h2-4,7,11H,5-6H2,1H3,(H,12,13). The first-order chi connectivity index (χ1) is 6.74. The molecular formula is C10H13NO2S. The van der Waals surface area contributed by atoms with Crippen molar-refractivity contribution < 1.29 is 9.90 Å². The van der Waals surface area contributed by atoms with Crippen molar-refractivity contribution in [2.45, 2.75) is 0 Å². The molecular weight excluding hydrogens is 198 g/mol. The van der Waals surface area contributed by atoms with Crippen molar-refractivity contribution in [3.8, 4) is 0 Å². The zero-order chi connectivity index (χ0) is 10.4. The van der Waals surface area contributed by atoms with Gasteiger partial charge >= 0.3 is 5.97 Å². The number of thioether (sulfide) groups is 1. The molecule has 0 saturated carbocycles. The molecule has 0 aliphatic carbocycles. The number of rotatable bonds is 5. The molecule has 0 heterocycles. The summed E-state index contributed by atoms with van der Waals surface area (Å²) in [4.78, 5) is 10.7. The molecule has 0 aliphatic rings. The lowest BCUT2D eigenvalue weighted by atomic mass is 10.2. The van der Waals surface area contributed by atoms with Crippen LogP contribution < -0.4 is 5.32 Å². The lowest BCUT2D eigenvalue weighted by Gasteiger charge is -2.05. The Bertz CT molecular complexity index is 315. The molecule has 0 unspecified atom stereocenters. The topological polar surface area (TPSA) is 49.3 Å². The van der Waals surface area contributed by atoms with Gasteiger partial charge in [0, 0.05) is 18.0 Å². The molecule has 3 nitrogen and oxygen atoms in total. The molecule has 1 aromatic carbocycles. The fraction of sp³-hybridized carbons (Fsp3) is 0.300. The second kappa shape index (κ2) is 5.54. The van der Waals surface area contributed by atoms with E-state index in [1.807, 2.05) is 12.3 Å². The summed E-state index contributed by atoms with van der Waals surface area (Å²) >= 11 is 1.75. The minimum Gasteiger partial charge on any atom is -0.478 e. The van der Waals surface area contributed by atoms with Crippen LogP contribution in [0, 0.1) is 0 Å². The van der Waals surface area contributed by atoms with Gasteiger partial charge in [-0.05, 0) is 24.5 Å². The van der Waals surface area contributed by atoms with E-state index in [1.165, 1.54) is 0 Å². The lowest BCUT2D eigenvalue weighted by Crippen LogP contribution is -2.05. The van der Waals surface area contributed by atoms with Crippen molar-refractivity contribution in [3.05, 3.63) is 29.8 Å². The first kappa shape index (κ1) is 10.9. The summed E-state index contributed by atoms with van der Waals surface area (Å²) in [7, 11) is 0. The second-order valence-corrected chi connectivity index (χ2v) is 3.79. The van der Waals surface area contributed by atoms with E-state index >= 15 is 0 Å². The van der Waals surface area contributed by atoms with Gasteiger partial charge in [0.05, 0.1) is 5.56 Å². The quantitative estimate of drug-likeness (QED) is 0.733. The number of aromatic carboxylic acids is 1. The van der Waals surface area contributed by atoms with E-state index in [0.717, 1.165) is 18.0 Å². The second-order valence-electron chi connectivity index (χ2n) is 2.81. The van der Waals surface area contributed by atoms with Crippen molar-refractivity contribution in [1.29, 1.82) is 0 Å². The third kappa shape index (κ3) is 3.30. The average Bonchev–Trinajstić information content (AvgIpc) is 2.19. The maximum Gasteiger partial charge on any atom is 0.335 e. The fourth-order valence-corrected chi connectivity index (χ4v) is 1.37. The Morgan fingerprint density at radius 1 is 1.57 bits per heavy atom. The van der Waals surface area contributed by atoms with Gasteiger partial charge in [-0.15, -0.1) is 0 Å². The van der Waals surface area contributed by atoms with Crippen LogP contribution in [0.5, 0.6) is 0 Å². The number of anilines is 1. The van der Waals surface area contributed by atoms with Crippen molar-refractivity contribution in [2.24, 2.45) is 0 Å². The number of hydrogen-bond donors (Lipinski definition) is 2. The van der Waals surface area contributed by atoms with E-state index < -0.39 is 5.97 Å². The van der Waals surface area contributed by atoms with Gasteiger partial charge in [-0.2, -0.15) is 11.8 Å². The van der Waals surface area contributed by atoms with Gasteiger partial charge in [0.25, 0.3) is 0 Å². The number of carboxylic acid groups (broad SMARTS) is 1. The Labute approximate surface area is 87.5 Å². The van der Waals surface area contributed by atoms with E-state index in [-0.39, 0.29) is 0 Å². The molecule has 0 spiro atoms. The molecule has 14 heavy (non-hydrogen) atoms. The van der Waals surface area contributed by atoms with Gasteiger partial charge in [0.15, 0.2) is 0 Å². The molecule has 0 fully saturated rings. The highest BCUT2D eigenvalue weighted by atomic mass is 32.2. The molecule has 0 bridgehead atoms. The summed E-state index contributed by atoms with van der Waals surface area (Å²) in [5.41, 5.74) is 1.18. The van der Waals surface area contributed by atoms with Crippen molar-refractivity contribution in [3.63, 3.8) is 0 Å². The van der Waals surface area contributed by atoms with E-state index in [9.17, 15) is 4.79 Å². The SMILES string of the molecule is CSCCNc1cccc(C(=O)O)c1. The van der Waals surface area contributed by atoms with Crippen LogP contribution in [0.4, 0.5) is 5.69 Å². The number of carbonyl (C=O) groups is 1. The third-order valence-electron chi connectivity index (χ3n) is 1.74. The van der Waals surface area contributed by atoms with E-state index in [0.29, 0.717) is 5.56 Å². The third-order valence-corrected chi connectivity index (χ3v) is 2.36. The first-order valence-corrected chi connectivity index (χ1v) is 5.69. The Morgan fingerprint density at radius 3 is 3.00 bits per heavy atom. The summed E-state index contributed by atoms with van der Waals surface area (Å²) in [6.45, 7) is 0.851. The molecule has 0 aromatic heterocycles. The van der Waals surface area contributed by atoms with Crippen LogP contribution in [0.1, 0.15) is 10.4 Å². The fourth-order valence-electron chi connectivity index (χ4n) is 1.06. The van der Waals surface area contributed by atoms with Crippen LogP contribution in [-0.4, -0.2) is 29.6 Å². The van der Waals surface area contributed by atoms with Crippen molar-refractivity contribution in [1.82, 2.24) is 0 Å². The average molecular weight is 211 g/mol. The van der Waals surface area contributed by atoms with Crippen LogP contribution >= 0.6 is 11.8 Å². The molecule has 0 radical (unpaired) electrons. The van der Waals surface area contributed by atoms with E-state index in [2.05, 4.69) is 5.32 Å². The highest BCUT2D eigenvalue weighted by Crippen LogP contribution is 2.10. The largest absolute Gasteiger partial charge is 0.478 e. The van der Waals surface area contributed by atoms with E-state index in [1.54, 1.807) is 30.0 Å². The zero-order valence-electron chi connectivity index (χ0n) is 7.99. The summed E-state index contributed by atoms with van der Waals surface area (Å²) in [6.07, 6.45) is 2.04.